The van der Waals surface area contributed by atoms with Gasteiger partial charge in [-0.1, -0.05) is 20.8 Å². The third kappa shape index (κ3) is 7.11. The first-order valence-electron chi connectivity index (χ1n) is 7.15. The lowest BCUT2D eigenvalue weighted by Crippen LogP contribution is -2.38. The lowest BCUT2D eigenvalue weighted by molar-refractivity contribution is -0.132. The predicted octanol–water partition coefficient (Wildman–Crippen LogP) is 3.45. The molecule has 1 aromatic heterocycles. The van der Waals surface area contributed by atoms with E-state index >= 15 is 0 Å². The number of rotatable bonds is 5. The minimum absolute atomic E-state index is 0.0199. The number of guanidine groups is 1. The van der Waals surface area contributed by atoms with Crippen molar-refractivity contribution in [3.63, 3.8) is 0 Å². The Morgan fingerprint density at radius 3 is 2.45 bits per heavy atom. The number of nitrogens with one attached hydrogen (secondary N) is 2. The Labute approximate surface area is 133 Å². The van der Waals surface area contributed by atoms with Crippen LogP contribution in [-0.2, 0) is 12.0 Å². The summed E-state index contributed by atoms with van der Waals surface area (Å²) in [6.07, 6.45) is -5.05. The number of nitrogens with zero attached hydrogens (tertiary/aromatic N) is 2. The van der Waals surface area contributed by atoms with E-state index in [0.717, 1.165) is 10.7 Å². The van der Waals surface area contributed by atoms with Gasteiger partial charge in [0.15, 0.2) is 5.96 Å². The van der Waals surface area contributed by atoms with Gasteiger partial charge >= 0.3 is 6.18 Å². The molecule has 0 aromatic carbocycles. The Kier molecular flexibility index (Phi) is 6.65. The van der Waals surface area contributed by atoms with Gasteiger partial charge in [-0.15, -0.1) is 11.3 Å². The topological polar surface area (TPSA) is 49.3 Å². The predicted molar refractivity (Wildman–Crippen MR) is 84.3 cm³/mol. The van der Waals surface area contributed by atoms with E-state index in [1.54, 1.807) is 0 Å². The van der Waals surface area contributed by atoms with Crippen LogP contribution in [0.1, 0.15) is 44.8 Å². The molecule has 1 heterocycles. The molecule has 1 rings (SSSR count). The number of alkyl halides is 3. The van der Waals surface area contributed by atoms with Gasteiger partial charge in [-0.25, -0.2) is 9.98 Å². The van der Waals surface area contributed by atoms with Gasteiger partial charge in [0.1, 0.15) is 5.01 Å². The van der Waals surface area contributed by atoms with Crippen molar-refractivity contribution < 1.29 is 13.2 Å². The maximum Gasteiger partial charge on any atom is 0.390 e. The van der Waals surface area contributed by atoms with E-state index < -0.39 is 12.6 Å². The third-order valence-electron chi connectivity index (χ3n) is 2.74. The second-order valence-corrected chi connectivity index (χ2v) is 6.81. The molecule has 0 saturated heterocycles. The third-order valence-corrected chi connectivity index (χ3v) is 3.57. The molecule has 0 spiro atoms. The number of halogens is 3. The van der Waals surface area contributed by atoms with E-state index in [0.29, 0.717) is 19.0 Å². The Bertz CT molecular complexity index is 489. The van der Waals surface area contributed by atoms with Crippen LogP contribution in [0.25, 0.3) is 0 Å². The SMILES string of the molecule is CCNC(=NCc1nc(C(C)(C)C)cs1)NCCC(F)(F)F. The molecule has 0 bridgehead atoms. The number of hydrogen-bond donors (Lipinski definition) is 2. The van der Waals surface area contributed by atoms with Crippen molar-refractivity contribution in [2.45, 2.75) is 52.3 Å². The first-order valence-corrected chi connectivity index (χ1v) is 8.03. The average molecular weight is 336 g/mol. The normalized spacial score (nSPS) is 13.3. The van der Waals surface area contributed by atoms with Crippen LogP contribution >= 0.6 is 11.3 Å². The molecule has 1 aromatic rings. The summed E-state index contributed by atoms with van der Waals surface area (Å²) in [6.45, 7) is 8.85. The molecule has 0 aliphatic heterocycles. The van der Waals surface area contributed by atoms with E-state index in [1.165, 1.54) is 11.3 Å². The fraction of sp³-hybridized carbons (Fsp3) is 0.714. The molecule has 4 nitrogen and oxygen atoms in total. The molecule has 0 fully saturated rings. The van der Waals surface area contributed by atoms with Gasteiger partial charge in [-0.3, -0.25) is 0 Å². The van der Waals surface area contributed by atoms with Crippen LogP contribution in [-0.4, -0.2) is 30.2 Å². The number of aliphatic imine (C=N–C) groups is 1. The Morgan fingerprint density at radius 2 is 1.95 bits per heavy atom. The lowest BCUT2D eigenvalue weighted by Gasteiger charge is -2.14. The van der Waals surface area contributed by atoms with Crippen LogP contribution in [0.2, 0.25) is 0 Å². The fourth-order valence-electron chi connectivity index (χ4n) is 1.54. The maximum atomic E-state index is 12.1. The first kappa shape index (κ1) is 18.7. The zero-order valence-electron chi connectivity index (χ0n) is 13.3. The van der Waals surface area contributed by atoms with Crippen LogP contribution in [0.15, 0.2) is 10.4 Å². The molecule has 126 valence electrons. The largest absolute Gasteiger partial charge is 0.390 e. The van der Waals surface area contributed by atoms with Crippen molar-refractivity contribution in [2.24, 2.45) is 4.99 Å². The molecule has 8 heteroatoms. The van der Waals surface area contributed by atoms with E-state index in [9.17, 15) is 13.2 Å². The molecule has 0 aliphatic carbocycles. The average Bonchev–Trinajstić information content (AvgIpc) is 2.83. The monoisotopic (exact) mass is 336 g/mol. The molecular formula is C14H23F3N4S. The zero-order valence-corrected chi connectivity index (χ0v) is 14.2. The second kappa shape index (κ2) is 7.80. The zero-order chi connectivity index (χ0) is 16.8. The first-order chi connectivity index (χ1) is 10.1. The number of hydrogen-bond acceptors (Lipinski definition) is 3. The second-order valence-electron chi connectivity index (χ2n) is 5.86. The highest BCUT2D eigenvalue weighted by atomic mass is 32.1. The van der Waals surface area contributed by atoms with Crippen molar-refractivity contribution in [3.8, 4) is 0 Å². The quantitative estimate of drug-likeness (QED) is 0.640. The summed E-state index contributed by atoms with van der Waals surface area (Å²) >= 11 is 1.51. The minimum atomic E-state index is -4.17. The molecule has 0 amide bonds. The van der Waals surface area contributed by atoms with Crippen LogP contribution in [0.3, 0.4) is 0 Å². The summed E-state index contributed by atoms with van der Waals surface area (Å²) in [4.78, 5) is 8.78. The summed E-state index contributed by atoms with van der Waals surface area (Å²) in [6, 6.07) is 0. The van der Waals surface area contributed by atoms with Gasteiger partial charge in [0.25, 0.3) is 0 Å². The Hall–Kier alpha value is -1.31. The highest BCUT2D eigenvalue weighted by Gasteiger charge is 2.26. The van der Waals surface area contributed by atoms with Gasteiger partial charge in [-0.2, -0.15) is 13.2 Å². The van der Waals surface area contributed by atoms with Gasteiger partial charge < -0.3 is 10.6 Å². The standard InChI is InChI=1S/C14H23F3N4S/c1-5-18-12(19-7-6-14(15,16)17)20-8-11-21-10(9-22-11)13(2,3)4/h9H,5-8H2,1-4H3,(H2,18,19,20). The molecule has 0 radical (unpaired) electrons. The smallest absolute Gasteiger partial charge is 0.357 e. The Balaban J connectivity index is 2.60. The molecule has 2 N–H and O–H groups in total. The van der Waals surface area contributed by atoms with Crippen LogP contribution in [0.4, 0.5) is 13.2 Å². The molecule has 0 saturated carbocycles. The van der Waals surface area contributed by atoms with E-state index in [2.05, 4.69) is 41.4 Å². The summed E-state index contributed by atoms with van der Waals surface area (Å²) in [5, 5.41) is 8.45. The van der Waals surface area contributed by atoms with Gasteiger partial charge in [0.05, 0.1) is 18.7 Å². The highest BCUT2D eigenvalue weighted by Crippen LogP contribution is 2.24. The van der Waals surface area contributed by atoms with E-state index in [4.69, 9.17) is 0 Å². The van der Waals surface area contributed by atoms with Gasteiger partial charge in [0, 0.05) is 23.9 Å². The van der Waals surface area contributed by atoms with Crippen LogP contribution in [0.5, 0.6) is 0 Å². The van der Waals surface area contributed by atoms with Crippen molar-refractivity contribution in [1.82, 2.24) is 15.6 Å². The van der Waals surface area contributed by atoms with Crippen molar-refractivity contribution in [1.29, 1.82) is 0 Å². The Morgan fingerprint density at radius 1 is 1.27 bits per heavy atom. The molecular weight excluding hydrogens is 313 g/mol. The van der Waals surface area contributed by atoms with Gasteiger partial charge in [-0.05, 0) is 6.92 Å². The van der Waals surface area contributed by atoms with Crippen LogP contribution in [0, 0.1) is 0 Å². The van der Waals surface area contributed by atoms with Gasteiger partial charge in [0.2, 0.25) is 0 Å². The lowest BCUT2D eigenvalue weighted by atomic mass is 9.93. The summed E-state index contributed by atoms with van der Waals surface area (Å²) in [7, 11) is 0. The van der Waals surface area contributed by atoms with Crippen molar-refractivity contribution in [2.75, 3.05) is 13.1 Å². The molecule has 22 heavy (non-hydrogen) atoms. The molecule has 0 aliphatic rings. The summed E-state index contributed by atoms with van der Waals surface area (Å²) < 4.78 is 36.4. The fourth-order valence-corrected chi connectivity index (χ4v) is 2.48. The van der Waals surface area contributed by atoms with E-state index in [1.807, 2.05) is 12.3 Å². The summed E-state index contributed by atoms with van der Waals surface area (Å²) in [5.41, 5.74) is 0.978. The van der Waals surface area contributed by atoms with E-state index in [-0.39, 0.29) is 12.0 Å². The molecule has 0 unspecified atom stereocenters. The number of aromatic nitrogens is 1. The van der Waals surface area contributed by atoms with Crippen molar-refractivity contribution in [3.05, 3.63) is 16.1 Å². The molecule has 0 atom stereocenters. The van der Waals surface area contributed by atoms with Crippen molar-refractivity contribution >= 4 is 17.3 Å². The maximum absolute atomic E-state index is 12.1. The summed E-state index contributed by atoms with van der Waals surface area (Å²) in [5.74, 6) is 0.374. The minimum Gasteiger partial charge on any atom is -0.357 e. The number of thiazole rings is 1. The van der Waals surface area contributed by atoms with Crippen LogP contribution < -0.4 is 10.6 Å². The highest BCUT2D eigenvalue weighted by molar-refractivity contribution is 7.09.